The molecule has 4 aromatic rings. The summed E-state index contributed by atoms with van der Waals surface area (Å²) in [7, 11) is 1.51. The standard InChI is InChI=1S/C22H16Cl2FN5O/c1-26-22(31)16-10-13(11-28-21(16)30-19-9-12(25)5-6-18(19)24)29-20-15-3-2-4-17(23)14(15)7-8-27-20/h2-11H,1H3,(H,26,31)(H,27,29)(H,28,30). The van der Waals surface area contributed by atoms with E-state index in [1.165, 1.54) is 31.4 Å². The normalized spacial score (nSPS) is 10.7. The average Bonchev–Trinajstić information content (AvgIpc) is 2.77. The molecule has 0 unspecified atom stereocenters. The highest BCUT2D eigenvalue weighted by Gasteiger charge is 2.15. The molecule has 0 saturated carbocycles. The average molecular weight is 456 g/mol. The summed E-state index contributed by atoms with van der Waals surface area (Å²) in [5.74, 6) is -0.0441. The quantitative estimate of drug-likeness (QED) is 0.347. The zero-order chi connectivity index (χ0) is 22.0. The number of nitrogens with one attached hydrogen (secondary N) is 3. The summed E-state index contributed by atoms with van der Waals surface area (Å²) in [6, 6.07) is 12.9. The zero-order valence-electron chi connectivity index (χ0n) is 16.2. The second kappa shape index (κ2) is 8.75. The van der Waals surface area contributed by atoms with E-state index in [4.69, 9.17) is 23.2 Å². The molecule has 31 heavy (non-hydrogen) atoms. The van der Waals surface area contributed by atoms with Crippen molar-refractivity contribution in [3.05, 3.63) is 82.4 Å². The summed E-state index contributed by atoms with van der Waals surface area (Å²) in [6.07, 6.45) is 3.18. The summed E-state index contributed by atoms with van der Waals surface area (Å²) in [4.78, 5) is 21.2. The number of carbonyl (C=O) groups excluding carboxylic acids is 1. The Hall–Kier alpha value is -3.42. The number of halogens is 3. The zero-order valence-corrected chi connectivity index (χ0v) is 17.7. The van der Waals surface area contributed by atoms with Gasteiger partial charge in [-0.2, -0.15) is 0 Å². The molecule has 156 valence electrons. The first-order chi connectivity index (χ1) is 15.0. The van der Waals surface area contributed by atoms with Gasteiger partial charge in [-0.25, -0.2) is 14.4 Å². The van der Waals surface area contributed by atoms with Gasteiger partial charge in [0, 0.05) is 29.0 Å². The molecule has 1 amide bonds. The summed E-state index contributed by atoms with van der Waals surface area (Å²) in [6.45, 7) is 0. The fraction of sp³-hybridized carbons (Fsp3) is 0.0455. The van der Waals surface area contributed by atoms with Crippen molar-refractivity contribution in [2.45, 2.75) is 0 Å². The highest BCUT2D eigenvalue weighted by atomic mass is 35.5. The molecule has 2 aromatic heterocycles. The first kappa shape index (κ1) is 20.8. The van der Waals surface area contributed by atoms with Gasteiger partial charge in [0.2, 0.25) is 0 Å². The molecule has 9 heteroatoms. The molecular formula is C22H16Cl2FN5O. The van der Waals surface area contributed by atoms with Crippen LogP contribution >= 0.6 is 23.2 Å². The number of anilines is 4. The van der Waals surface area contributed by atoms with Crippen molar-refractivity contribution >= 4 is 62.9 Å². The molecule has 0 saturated heterocycles. The maximum atomic E-state index is 13.6. The van der Waals surface area contributed by atoms with Gasteiger partial charge in [-0.15, -0.1) is 0 Å². The van der Waals surface area contributed by atoms with Crippen LogP contribution in [0.1, 0.15) is 10.4 Å². The third-order valence-electron chi connectivity index (χ3n) is 4.56. The molecule has 0 aliphatic rings. The van der Waals surface area contributed by atoms with Gasteiger partial charge >= 0.3 is 0 Å². The van der Waals surface area contributed by atoms with E-state index in [9.17, 15) is 9.18 Å². The van der Waals surface area contributed by atoms with Crippen molar-refractivity contribution in [3.63, 3.8) is 0 Å². The van der Waals surface area contributed by atoms with E-state index in [1.807, 2.05) is 18.2 Å². The number of benzene rings is 2. The Balaban J connectivity index is 1.72. The number of hydrogen-bond donors (Lipinski definition) is 3. The molecule has 0 atom stereocenters. The van der Waals surface area contributed by atoms with Gasteiger partial charge in [0.05, 0.1) is 28.2 Å². The van der Waals surface area contributed by atoms with Crippen LogP contribution in [-0.2, 0) is 0 Å². The van der Waals surface area contributed by atoms with Gasteiger partial charge in [0.15, 0.2) is 0 Å². The SMILES string of the molecule is CNC(=O)c1cc(Nc2nccc3c(Cl)cccc23)cnc1Nc1cc(F)ccc1Cl. The Morgan fingerprint density at radius 1 is 0.935 bits per heavy atom. The van der Waals surface area contributed by atoms with Crippen molar-refractivity contribution in [2.24, 2.45) is 0 Å². The van der Waals surface area contributed by atoms with E-state index in [-0.39, 0.29) is 17.3 Å². The van der Waals surface area contributed by atoms with Gasteiger partial charge in [0.25, 0.3) is 5.91 Å². The number of aromatic nitrogens is 2. The van der Waals surface area contributed by atoms with Crippen LogP contribution in [0, 0.1) is 5.82 Å². The Morgan fingerprint density at radius 3 is 2.58 bits per heavy atom. The minimum Gasteiger partial charge on any atom is -0.355 e. The third kappa shape index (κ3) is 4.38. The fourth-order valence-electron chi connectivity index (χ4n) is 3.07. The van der Waals surface area contributed by atoms with Crippen molar-refractivity contribution < 1.29 is 9.18 Å². The summed E-state index contributed by atoms with van der Waals surface area (Å²) in [5, 5.41) is 11.3. The van der Waals surface area contributed by atoms with E-state index >= 15 is 0 Å². The lowest BCUT2D eigenvalue weighted by Crippen LogP contribution is -2.20. The van der Waals surface area contributed by atoms with Crippen LogP contribution in [0.15, 0.2) is 60.9 Å². The second-order valence-electron chi connectivity index (χ2n) is 6.57. The fourth-order valence-corrected chi connectivity index (χ4v) is 3.47. The van der Waals surface area contributed by atoms with Gasteiger partial charge in [-0.05, 0) is 36.4 Å². The van der Waals surface area contributed by atoms with Crippen molar-refractivity contribution in [3.8, 4) is 0 Å². The molecule has 0 bridgehead atoms. The third-order valence-corrected chi connectivity index (χ3v) is 5.22. The first-order valence-electron chi connectivity index (χ1n) is 9.20. The van der Waals surface area contributed by atoms with E-state index in [1.54, 1.807) is 18.3 Å². The molecule has 4 rings (SSSR count). The molecule has 0 radical (unpaired) electrons. The number of pyridine rings is 2. The Morgan fingerprint density at radius 2 is 1.77 bits per heavy atom. The minimum absolute atomic E-state index is 0.228. The lowest BCUT2D eigenvalue weighted by molar-refractivity contribution is 0.0963. The molecule has 6 nitrogen and oxygen atoms in total. The molecular weight excluding hydrogens is 440 g/mol. The highest BCUT2D eigenvalue weighted by Crippen LogP contribution is 2.31. The lowest BCUT2D eigenvalue weighted by Gasteiger charge is -2.14. The van der Waals surface area contributed by atoms with Crippen LogP contribution in [0.5, 0.6) is 0 Å². The van der Waals surface area contributed by atoms with Crippen LogP contribution in [0.4, 0.5) is 27.4 Å². The number of carbonyl (C=O) groups is 1. The molecule has 0 aliphatic carbocycles. The maximum absolute atomic E-state index is 13.6. The van der Waals surface area contributed by atoms with Gasteiger partial charge < -0.3 is 16.0 Å². The number of rotatable bonds is 5. The minimum atomic E-state index is -0.465. The largest absolute Gasteiger partial charge is 0.355 e. The first-order valence-corrected chi connectivity index (χ1v) is 9.96. The number of fused-ring (bicyclic) bond motifs is 1. The van der Waals surface area contributed by atoms with Crippen LogP contribution in [0.25, 0.3) is 10.8 Å². The van der Waals surface area contributed by atoms with Crippen molar-refractivity contribution in [2.75, 3.05) is 17.7 Å². The topological polar surface area (TPSA) is 78.9 Å². The summed E-state index contributed by atoms with van der Waals surface area (Å²) >= 11 is 12.4. The number of hydrogen-bond acceptors (Lipinski definition) is 5. The van der Waals surface area contributed by atoms with E-state index in [0.717, 1.165) is 10.8 Å². The van der Waals surface area contributed by atoms with Crippen molar-refractivity contribution in [1.82, 2.24) is 15.3 Å². The summed E-state index contributed by atoms with van der Waals surface area (Å²) < 4.78 is 13.6. The molecule has 0 fully saturated rings. The van der Waals surface area contributed by atoms with Crippen molar-refractivity contribution in [1.29, 1.82) is 0 Å². The molecule has 0 aliphatic heterocycles. The monoisotopic (exact) mass is 455 g/mol. The lowest BCUT2D eigenvalue weighted by atomic mass is 10.1. The van der Waals surface area contributed by atoms with Crippen LogP contribution < -0.4 is 16.0 Å². The Bertz CT molecular complexity index is 1300. The molecule has 3 N–H and O–H groups in total. The Kier molecular flexibility index (Phi) is 5.88. The van der Waals surface area contributed by atoms with Gasteiger partial charge in [-0.3, -0.25) is 4.79 Å². The Labute approximate surface area is 187 Å². The van der Waals surface area contributed by atoms with Crippen LogP contribution in [-0.4, -0.2) is 22.9 Å². The number of amides is 1. The predicted molar refractivity (Wildman–Crippen MR) is 122 cm³/mol. The molecule has 2 heterocycles. The van der Waals surface area contributed by atoms with E-state index in [0.29, 0.717) is 27.2 Å². The molecule has 2 aromatic carbocycles. The van der Waals surface area contributed by atoms with Crippen LogP contribution in [0.3, 0.4) is 0 Å². The highest BCUT2D eigenvalue weighted by molar-refractivity contribution is 6.35. The van der Waals surface area contributed by atoms with Crippen LogP contribution in [0.2, 0.25) is 10.0 Å². The smallest absolute Gasteiger partial charge is 0.254 e. The predicted octanol–water partition coefficient (Wildman–Crippen LogP) is 5.92. The van der Waals surface area contributed by atoms with E-state index in [2.05, 4.69) is 25.9 Å². The summed E-state index contributed by atoms with van der Waals surface area (Å²) in [5.41, 5.74) is 1.07. The second-order valence-corrected chi connectivity index (χ2v) is 7.38. The van der Waals surface area contributed by atoms with Gasteiger partial charge in [0.1, 0.15) is 17.5 Å². The molecule has 0 spiro atoms. The number of nitrogens with zero attached hydrogens (tertiary/aromatic N) is 2. The van der Waals surface area contributed by atoms with Gasteiger partial charge in [-0.1, -0.05) is 35.3 Å². The van der Waals surface area contributed by atoms with E-state index < -0.39 is 5.82 Å². The maximum Gasteiger partial charge on any atom is 0.254 e.